The Kier molecular flexibility index (Phi) is 6.79. The van der Waals surface area contributed by atoms with E-state index in [9.17, 15) is 10.4 Å². The summed E-state index contributed by atoms with van der Waals surface area (Å²) in [6.07, 6.45) is 6.85. The van der Waals surface area contributed by atoms with Crippen LogP contribution >= 0.6 is 11.8 Å². The van der Waals surface area contributed by atoms with Crippen molar-refractivity contribution < 1.29 is 19.0 Å². The normalized spacial score (nSPS) is 14.4. The molecule has 27 heavy (non-hydrogen) atoms. The van der Waals surface area contributed by atoms with Gasteiger partial charge in [0.05, 0.1) is 5.56 Å². The molecule has 0 fully saturated rings. The van der Waals surface area contributed by atoms with Crippen LogP contribution in [0.1, 0.15) is 36.1 Å². The summed E-state index contributed by atoms with van der Waals surface area (Å²) in [7, 11) is 1.60. The van der Waals surface area contributed by atoms with Gasteiger partial charge in [0.2, 0.25) is 11.8 Å². The van der Waals surface area contributed by atoms with E-state index in [1.807, 2.05) is 6.07 Å². The van der Waals surface area contributed by atoms with E-state index < -0.39 is 0 Å². The molecule has 2 heterocycles. The van der Waals surface area contributed by atoms with Crippen LogP contribution in [0.5, 0.6) is 0 Å². The van der Waals surface area contributed by atoms with Gasteiger partial charge in [0.15, 0.2) is 0 Å². The van der Waals surface area contributed by atoms with Crippen molar-refractivity contribution in [2.45, 2.75) is 43.7 Å². The first kappa shape index (κ1) is 19.3. The monoisotopic (exact) mass is 387 g/mol. The van der Waals surface area contributed by atoms with Crippen LogP contribution in [-0.4, -0.2) is 35.6 Å². The van der Waals surface area contributed by atoms with Crippen LogP contribution in [0.3, 0.4) is 0 Å². The lowest BCUT2D eigenvalue weighted by Crippen LogP contribution is -2.36. The number of ether oxygens (including phenoxy) is 1. The highest BCUT2D eigenvalue weighted by Crippen LogP contribution is 2.27. The van der Waals surface area contributed by atoms with Crippen molar-refractivity contribution in [2.24, 2.45) is 4.99 Å². The van der Waals surface area contributed by atoms with Gasteiger partial charge >= 0.3 is 5.88 Å². The number of aromatic nitrogens is 3. The molecule has 142 valence electrons. The summed E-state index contributed by atoms with van der Waals surface area (Å²) in [6.45, 7) is 1.00. The van der Waals surface area contributed by atoms with Gasteiger partial charge in [-0.05, 0) is 47.9 Å². The van der Waals surface area contributed by atoms with Crippen molar-refractivity contribution in [2.75, 3.05) is 19.5 Å². The van der Waals surface area contributed by atoms with Gasteiger partial charge in [-0.2, -0.15) is 5.26 Å². The van der Waals surface area contributed by atoms with Gasteiger partial charge in [0.25, 0.3) is 6.20 Å². The van der Waals surface area contributed by atoms with Gasteiger partial charge < -0.3 is 9.84 Å². The van der Waals surface area contributed by atoms with Crippen molar-refractivity contribution in [3.05, 3.63) is 29.1 Å². The second-order valence-corrected chi connectivity index (χ2v) is 7.17. The Labute approximate surface area is 161 Å². The highest BCUT2D eigenvalue weighted by atomic mass is 32.2. The number of thioether (sulfide) groups is 1. The standard InChI is InChI=1S/C18H21N5O3S/c1-25-8-7-23-11-17(26-22-23)21-16(24)12-27-18-14(10-19)9-13-5-3-2-4-6-15(13)20-18/h9,11H,2-8,12H2,1H3. The Hall–Kier alpha value is -2.44. The molecule has 0 unspecified atom stereocenters. The number of pyridine rings is 1. The first-order chi connectivity index (χ1) is 13.2. The minimum absolute atomic E-state index is 0.0826. The summed E-state index contributed by atoms with van der Waals surface area (Å²) in [5.74, 6) is -0.137. The highest BCUT2D eigenvalue weighted by Gasteiger charge is 2.15. The third-order valence-corrected chi connectivity index (χ3v) is 5.20. The number of nitriles is 1. The molecule has 8 nitrogen and oxygen atoms in total. The number of hydrogen-bond donors (Lipinski definition) is 0. The smallest absolute Gasteiger partial charge is 0.320 e. The van der Waals surface area contributed by atoms with E-state index in [2.05, 4.69) is 21.3 Å². The maximum atomic E-state index is 12.1. The summed E-state index contributed by atoms with van der Waals surface area (Å²) in [6, 6.07) is 4.12. The first-order valence-electron chi connectivity index (χ1n) is 8.85. The molecule has 9 heteroatoms. The Morgan fingerprint density at radius 3 is 3.11 bits per heavy atom. The number of nitrogens with zero attached hydrogens (tertiary/aromatic N) is 5. The van der Waals surface area contributed by atoms with Gasteiger partial charge in [0.1, 0.15) is 17.7 Å². The molecular weight excluding hydrogens is 366 g/mol. The molecule has 0 bridgehead atoms. The lowest BCUT2D eigenvalue weighted by molar-refractivity contribution is -0.763. The molecule has 0 N–H and O–H groups in total. The van der Waals surface area contributed by atoms with Crippen LogP contribution in [0.4, 0.5) is 5.88 Å². The van der Waals surface area contributed by atoms with E-state index in [-0.39, 0.29) is 17.5 Å². The van der Waals surface area contributed by atoms with Crippen LogP contribution in [0.25, 0.3) is 0 Å². The third-order valence-electron chi connectivity index (χ3n) is 4.23. The van der Waals surface area contributed by atoms with Crippen molar-refractivity contribution >= 4 is 23.5 Å². The second-order valence-electron chi connectivity index (χ2n) is 6.21. The minimum atomic E-state index is -0.365. The molecule has 0 aromatic carbocycles. The van der Waals surface area contributed by atoms with Crippen LogP contribution < -0.4 is 9.79 Å². The number of hydrogen-bond acceptors (Lipinski definition) is 8. The highest BCUT2D eigenvalue weighted by molar-refractivity contribution is 7.99. The molecule has 2 aromatic rings. The average Bonchev–Trinajstić information content (AvgIpc) is 2.99. The third kappa shape index (κ3) is 5.28. The molecule has 0 radical (unpaired) electrons. The molecule has 1 aliphatic rings. The van der Waals surface area contributed by atoms with E-state index in [0.29, 0.717) is 23.7 Å². The predicted molar refractivity (Wildman–Crippen MR) is 96.6 cm³/mol. The fraction of sp³-hybridized carbons (Fsp3) is 0.500. The Balaban J connectivity index is 1.67. The van der Waals surface area contributed by atoms with Gasteiger partial charge in [-0.15, -0.1) is 0 Å². The SMILES string of the molecule is COCC[n+]1cc(/N=C(/[O-])CSc2nc3c(cc2C#N)CCCCC3)on1. The zero-order valence-corrected chi connectivity index (χ0v) is 16.0. The van der Waals surface area contributed by atoms with E-state index >= 15 is 0 Å². The van der Waals surface area contributed by atoms with Gasteiger partial charge in [0, 0.05) is 18.6 Å². The molecular formula is C18H21N5O3S. The van der Waals surface area contributed by atoms with Crippen LogP contribution in [-0.2, 0) is 24.1 Å². The number of methoxy groups -OCH3 is 1. The van der Waals surface area contributed by atoms with Gasteiger partial charge in [-0.1, -0.05) is 18.2 Å². The zero-order chi connectivity index (χ0) is 19.1. The van der Waals surface area contributed by atoms with Gasteiger partial charge in [-0.3, -0.25) is 4.52 Å². The summed E-state index contributed by atoms with van der Waals surface area (Å²) < 4.78 is 11.5. The zero-order valence-electron chi connectivity index (χ0n) is 15.2. The second kappa shape index (κ2) is 9.48. The number of fused-ring (bicyclic) bond motifs is 1. The van der Waals surface area contributed by atoms with E-state index in [4.69, 9.17) is 9.26 Å². The van der Waals surface area contributed by atoms with E-state index in [0.717, 1.165) is 36.9 Å². The van der Waals surface area contributed by atoms with Crippen molar-refractivity contribution in [1.82, 2.24) is 10.3 Å². The molecule has 0 aliphatic heterocycles. The first-order valence-corrected chi connectivity index (χ1v) is 9.84. The number of aryl methyl sites for hydroxylation is 2. The number of rotatable bonds is 7. The molecule has 0 amide bonds. The molecule has 0 saturated heterocycles. The van der Waals surface area contributed by atoms with Crippen molar-refractivity contribution in [1.29, 1.82) is 5.26 Å². The topological polar surface area (TPSA) is 111 Å². The molecule has 1 aliphatic carbocycles. The Morgan fingerprint density at radius 1 is 1.44 bits per heavy atom. The molecule has 0 spiro atoms. The van der Waals surface area contributed by atoms with Gasteiger partial charge in [-0.25, -0.2) is 9.98 Å². The lowest BCUT2D eigenvalue weighted by atomic mass is 10.1. The quantitative estimate of drug-likeness (QED) is 0.232. The summed E-state index contributed by atoms with van der Waals surface area (Å²) in [4.78, 5) is 8.55. The molecule has 2 aromatic heterocycles. The van der Waals surface area contributed by atoms with Crippen LogP contribution in [0.2, 0.25) is 0 Å². The predicted octanol–water partition coefficient (Wildman–Crippen LogP) is 1.33. The Morgan fingerprint density at radius 2 is 2.30 bits per heavy atom. The van der Waals surface area contributed by atoms with E-state index in [1.54, 1.807) is 13.3 Å². The molecule has 0 atom stereocenters. The summed E-state index contributed by atoms with van der Waals surface area (Å²) in [5, 5.41) is 25.9. The van der Waals surface area contributed by atoms with Crippen molar-refractivity contribution in [3.63, 3.8) is 0 Å². The lowest BCUT2D eigenvalue weighted by Gasteiger charge is -2.12. The summed E-state index contributed by atoms with van der Waals surface area (Å²) in [5.41, 5.74) is 2.73. The maximum Gasteiger partial charge on any atom is 0.320 e. The summed E-state index contributed by atoms with van der Waals surface area (Å²) >= 11 is 1.23. The van der Waals surface area contributed by atoms with E-state index in [1.165, 1.54) is 22.9 Å². The minimum Gasteiger partial charge on any atom is -0.861 e. The fourth-order valence-corrected chi connectivity index (χ4v) is 3.63. The maximum absolute atomic E-state index is 12.1. The average molecular weight is 387 g/mol. The van der Waals surface area contributed by atoms with Crippen LogP contribution in [0, 0.1) is 11.3 Å². The largest absolute Gasteiger partial charge is 0.861 e. The van der Waals surface area contributed by atoms with Crippen molar-refractivity contribution in [3.8, 4) is 6.07 Å². The Bertz CT molecular complexity index is 859. The number of aliphatic imine (C=N–C) groups is 1. The molecule has 3 rings (SSSR count). The van der Waals surface area contributed by atoms with Crippen LogP contribution in [0.15, 0.2) is 26.8 Å². The molecule has 0 saturated carbocycles. The fourth-order valence-electron chi connectivity index (χ4n) is 2.88.